The van der Waals surface area contributed by atoms with E-state index in [0.717, 1.165) is 49.3 Å². The molecule has 1 aliphatic heterocycles. The van der Waals surface area contributed by atoms with Gasteiger partial charge in [-0.2, -0.15) is 0 Å². The molecule has 1 aromatic rings. The average Bonchev–Trinajstić information content (AvgIpc) is 2.46. The van der Waals surface area contributed by atoms with Crippen LogP contribution in [0.4, 0.5) is 5.69 Å². The Morgan fingerprint density at radius 2 is 2.10 bits per heavy atom. The number of nitrogens with one attached hydrogen (secondary N) is 1. The van der Waals surface area contributed by atoms with Crippen molar-refractivity contribution in [2.75, 3.05) is 38.3 Å². The highest BCUT2D eigenvalue weighted by Crippen LogP contribution is 2.27. The molecule has 2 rings (SSSR count). The first-order valence-electron chi connectivity index (χ1n) is 7.43. The minimum Gasteiger partial charge on any atom is -0.383 e. The lowest BCUT2D eigenvalue weighted by atomic mass is 9.98. The summed E-state index contributed by atoms with van der Waals surface area (Å²) < 4.78 is 5.01. The summed E-state index contributed by atoms with van der Waals surface area (Å²) in [4.78, 5) is 2.44. The largest absolute Gasteiger partial charge is 0.383 e. The zero-order chi connectivity index (χ0) is 14.4. The zero-order valence-corrected chi connectivity index (χ0v) is 13.2. The molecule has 1 aromatic carbocycles. The summed E-state index contributed by atoms with van der Waals surface area (Å²) in [5.74, 6) is 0.853. The number of benzene rings is 1. The summed E-state index contributed by atoms with van der Waals surface area (Å²) >= 11 is 6.39. The van der Waals surface area contributed by atoms with E-state index in [-0.39, 0.29) is 0 Å². The van der Waals surface area contributed by atoms with E-state index < -0.39 is 0 Å². The number of hydrogen-bond acceptors (Lipinski definition) is 3. The van der Waals surface area contributed by atoms with Gasteiger partial charge >= 0.3 is 0 Å². The van der Waals surface area contributed by atoms with Gasteiger partial charge < -0.3 is 15.0 Å². The van der Waals surface area contributed by atoms with E-state index >= 15 is 0 Å². The van der Waals surface area contributed by atoms with Crippen molar-refractivity contribution >= 4 is 17.3 Å². The van der Waals surface area contributed by atoms with Gasteiger partial charge in [0.2, 0.25) is 0 Å². The third-order valence-corrected chi connectivity index (χ3v) is 4.34. The Morgan fingerprint density at radius 3 is 2.75 bits per heavy atom. The molecule has 20 heavy (non-hydrogen) atoms. The number of methoxy groups -OCH3 is 1. The Hall–Kier alpha value is -0.770. The first-order valence-corrected chi connectivity index (χ1v) is 7.81. The summed E-state index contributed by atoms with van der Waals surface area (Å²) in [5, 5.41) is 4.18. The van der Waals surface area contributed by atoms with Gasteiger partial charge in [0.05, 0.1) is 6.61 Å². The summed E-state index contributed by atoms with van der Waals surface area (Å²) in [6.45, 7) is 6.98. The Kier molecular flexibility index (Phi) is 6.14. The van der Waals surface area contributed by atoms with Crippen LogP contribution in [-0.4, -0.2) is 33.4 Å². The maximum Gasteiger partial charge on any atom is 0.0587 e. The molecule has 0 bridgehead atoms. The lowest BCUT2D eigenvalue weighted by Crippen LogP contribution is -2.32. The zero-order valence-electron chi connectivity index (χ0n) is 12.5. The fraction of sp³-hybridized carbons (Fsp3) is 0.625. The van der Waals surface area contributed by atoms with Crippen molar-refractivity contribution in [3.8, 4) is 0 Å². The van der Waals surface area contributed by atoms with Crippen LogP contribution in [0.15, 0.2) is 18.2 Å². The van der Waals surface area contributed by atoms with E-state index in [4.69, 9.17) is 16.3 Å². The molecule has 1 saturated heterocycles. The minimum atomic E-state index is 0.724. The first kappa shape index (κ1) is 15.6. The van der Waals surface area contributed by atoms with Crippen LogP contribution in [0.1, 0.15) is 25.3 Å². The van der Waals surface area contributed by atoms with Gasteiger partial charge in [-0.15, -0.1) is 0 Å². The molecule has 1 fully saturated rings. The molecule has 1 N–H and O–H groups in total. The molecule has 0 atom stereocenters. The van der Waals surface area contributed by atoms with Crippen LogP contribution in [0.3, 0.4) is 0 Å². The average molecular weight is 297 g/mol. The molecule has 1 heterocycles. The smallest absolute Gasteiger partial charge is 0.0587 e. The van der Waals surface area contributed by atoms with Gasteiger partial charge in [-0.25, -0.2) is 0 Å². The fourth-order valence-electron chi connectivity index (χ4n) is 2.54. The predicted molar refractivity (Wildman–Crippen MR) is 85.6 cm³/mol. The molecular weight excluding hydrogens is 272 g/mol. The van der Waals surface area contributed by atoms with Gasteiger partial charge in [-0.3, -0.25) is 0 Å². The molecule has 0 radical (unpaired) electrons. The van der Waals surface area contributed by atoms with Gasteiger partial charge in [0.1, 0.15) is 0 Å². The van der Waals surface area contributed by atoms with E-state index in [1.165, 1.54) is 18.5 Å². The number of hydrogen-bond donors (Lipinski definition) is 1. The van der Waals surface area contributed by atoms with Crippen LogP contribution < -0.4 is 10.2 Å². The van der Waals surface area contributed by atoms with Crippen LogP contribution >= 0.6 is 11.6 Å². The molecular formula is C16H25ClN2O. The molecule has 1 aliphatic rings. The third-order valence-electron chi connectivity index (χ3n) is 3.98. The van der Waals surface area contributed by atoms with Crippen LogP contribution in [0, 0.1) is 5.92 Å². The quantitative estimate of drug-likeness (QED) is 0.815. The molecule has 0 unspecified atom stereocenters. The number of rotatable bonds is 6. The monoisotopic (exact) mass is 296 g/mol. The molecule has 4 heteroatoms. The highest BCUT2D eigenvalue weighted by molar-refractivity contribution is 6.31. The lowest BCUT2D eigenvalue weighted by molar-refractivity contribution is 0.199. The molecule has 0 aromatic heterocycles. The van der Waals surface area contributed by atoms with Gasteiger partial charge in [-0.1, -0.05) is 24.6 Å². The Labute approximate surface area is 127 Å². The first-order chi connectivity index (χ1) is 9.70. The summed E-state index contributed by atoms with van der Waals surface area (Å²) in [7, 11) is 1.71. The highest BCUT2D eigenvalue weighted by atomic mass is 35.5. The Bertz CT molecular complexity index is 417. The molecule has 0 aliphatic carbocycles. The maximum atomic E-state index is 6.39. The van der Waals surface area contributed by atoms with Crippen LogP contribution in [0.2, 0.25) is 5.02 Å². The normalized spacial score (nSPS) is 16.6. The van der Waals surface area contributed by atoms with E-state index in [9.17, 15) is 0 Å². The van der Waals surface area contributed by atoms with Crippen LogP contribution in [-0.2, 0) is 11.3 Å². The van der Waals surface area contributed by atoms with Crippen LogP contribution in [0.5, 0.6) is 0 Å². The highest BCUT2D eigenvalue weighted by Gasteiger charge is 2.16. The van der Waals surface area contributed by atoms with Gasteiger partial charge in [0.15, 0.2) is 0 Å². The van der Waals surface area contributed by atoms with Crippen molar-refractivity contribution in [1.29, 1.82) is 0 Å². The van der Waals surface area contributed by atoms with E-state index in [1.807, 2.05) is 0 Å². The number of nitrogens with zero attached hydrogens (tertiary/aromatic N) is 1. The number of piperidine rings is 1. The summed E-state index contributed by atoms with van der Waals surface area (Å²) in [6.07, 6.45) is 2.55. The van der Waals surface area contributed by atoms with Crippen LogP contribution in [0.25, 0.3) is 0 Å². The SMILES string of the molecule is COCCNCc1ccc(N2CCC(C)CC2)cc1Cl. The predicted octanol–water partition coefficient (Wildman–Crippen LogP) is 3.31. The van der Waals surface area contributed by atoms with Crippen molar-refractivity contribution in [1.82, 2.24) is 5.32 Å². The van der Waals surface area contributed by atoms with E-state index in [0.29, 0.717) is 0 Å². The molecule has 112 valence electrons. The second-order valence-corrected chi connectivity index (χ2v) is 6.02. The minimum absolute atomic E-state index is 0.724. The second-order valence-electron chi connectivity index (χ2n) is 5.61. The topological polar surface area (TPSA) is 24.5 Å². The van der Waals surface area contributed by atoms with E-state index in [1.54, 1.807) is 7.11 Å². The van der Waals surface area contributed by atoms with Crippen molar-refractivity contribution in [2.45, 2.75) is 26.3 Å². The fourth-order valence-corrected chi connectivity index (χ4v) is 2.78. The Morgan fingerprint density at radius 1 is 1.35 bits per heavy atom. The van der Waals surface area contributed by atoms with Gasteiger partial charge in [0, 0.05) is 44.0 Å². The van der Waals surface area contributed by atoms with Gasteiger partial charge in [-0.05, 0) is 36.5 Å². The van der Waals surface area contributed by atoms with Crippen molar-refractivity contribution in [2.24, 2.45) is 5.92 Å². The number of anilines is 1. The lowest BCUT2D eigenvalue weighted by Gasteiger charge is -2.32. The maximum absolute atomic E-state index is 6.39. The molecule has 0 amide bonds. The third kappa shape index (κ3) is 4.37. The number of ether oxygens (including phenoxy) is 1. The van der Waals surface area contributed by atoms with Crippen molar-refractivity contribution in [3.05, 3.63) is 28.8 Å². The molecule has 0 spiro atoms. The molecule has 3 nitrogen and oxygen atoms in total. The van der Waals surface area contributed by atoms with Gasteiger partial charge in [0.25, 0.3) is 0 Å². The van der Waals surface area contributed by atoms with Crippen molar-refractivity contribution < 1.29 is 4.74 Å². The summed E-state index contributed by atoms with van der Waals surface area (Å²) in [6, 6.07) is 6.43. The number of halogens is 1. The van der Waals surface area contributed by atoms with E-state index in [2.05, 4.69) is 35.3 Å². The summed E-state index contributed by atoms with van der Waals surface area (Å²) in [5.41, 5.74) is 2.40. The van der Waals surface area contributed by atoms with Crippen molar-refractivity contribution in [3.63, 3.8) is 0 Å². The molecule has 0 saturated carbocycles. The Balaban J connectivity index is 1.91. The standard InChI is InChI=1S/C16H25ClN2O/c1-13-5-8-19(9-6-13)15-4-3-14(16(17)11-15)12-18-7-10-20-2/h3-4,11,13,18H,5-10,12H2,1-2H3. The second kappa shape index (κ2) is 7.87.